The first-order valence-electron chi connectivity index (χ1n) is 11.2. The number of likely N-dealkylation sites (N-methyl/N-ethyl adjacent to an activating group) is 1. The lowest BCUT2D eigenvalue weighted by Crippen LogP contribution is -2.47. The van der Waals surface area contributed by atoms with Crippen LogP contribution in [-0.2, 0) is 4.74 Å². The third-order valence-corrected chi connectivity index (χ3v) is 5.62. The standard InChI is InChI=1S/C23H40N4O2.HI/c1-6-24-23(27-15-13-20(14-16-27)29-9-4)25-18-22(26(7-2)8-3)19-11-10-12-21(17-19)28-5;/h10-12,17,20,22H,6-9,13-16,18H2,1-5H3,(H,24,25);1H. The van der Waals surface area contributed by atoms with Gasteiger partial charge in [0.2, 0.25) is 0 Å². The summed E-state index contributed by atoms with van der Waals surface area (Å²) in [5.74, 6) is 1.91. The van der Waals surface area contributed by atoms with Crippen LogP contribution in [0.1, 0.15) is 52.1 Å². The van der Waals surface area contributed by atoms with Gasteiger partial charge < -0.3 is 19.7 Å². The number of likely N-dealkylation sites (tertiary alicyclic amines) is 1. The number of ether oxygens (including phenoxy) is 2. The Morgan fingerprint density at radius 2 is 1.90 bits per heavy atom. The van der Waals surface area contributed by atoms with Gasteiger partial charge in [0.1, 0.15) is 5.75 Å². The smallest absolute Gasteiger partial charge is 0.193 e. The summed E-state index contributed by atoms with van der Waals surface area (Å²) >= 11 is 0. The Bertz CT molecular complexity index is 617. The van der Waals surface area contributed by atoms with Gasteiger partial charge in [-0.2, -0.15) is 0 Å². The Balaban J connectivity index is 0.00000450. The molecule has 6 nitrogen and oxygen atoms in total. The van der Waals surface area contributed by atoms with Gasteiger partial charge in [-0.05, 0) is 57.5 Å². The summed E-state index contributed by atoms with van der Waals surface area (Å²) in [5.41, 5.74) is 1.25. The van der Waals surface area contributed by atoms with Crippen molar-refractivity contribution in [2.75, 3.05) is 53.0 Å². The molecule has 1 fully saturated rings. The zero-order valence-corrected chi connectivity index (χ0v) is 21.7. The van der Waals surface area contributed by atoms with E-state index < -0.39 is 0 Å². The number of guanidine groups is 1. The first-order valence-corrected chi connectivity index (χ1v) is 11.2. The molecule has 1 aliphatic rings. The predicted molar refractivity (Wildman–Crippen MR) is 136 cm³/mol. The summed E-state index contributed by atoms with van der Waals surface area (Å²) in [6.07, 6.45) is 2.51. The van der Waals surface area contributed by atoms with Crippen LogP contribution in [0, 0.1) is 0 Å². The van der Waals surface area contributed by atoms with E-state index in [1.807, 2.05) is 6.07 Å². The van der Waals surface area contributed by atoms with Crippen LogP contribution in [0.3, 0.4) is 0 Å². The molecule has 1 unspecified atom stereocenters. The minimum Gasteiger partial charge on any atom is -0.497 e. The highest BCUT2D eigenvalue weighted by atomic mass is 127. The summed E-state index contributed by atoms with van der Waals surface area (Å²) in [5, 5.41) is 3.50. The highest BCUT2D eigenvalue weighted by Crippen LogP contribution is 2.25. The van der Waals surface area contributed by atoms with Gasteiger partial charge in [0.25, 0.3) is 0 Å². The van der Waals surface area contributed by atoms with Crippen molar-refractivity contribution < 1.29 is 9.47 Å². The maximum Gasteiger partial charge on any atom is 0.193 e. The van der Waals surface area contributed by atoms with Crippen molar-refractivity contribution in [1.82, 2.24) is 15.1 Å². The molecule has 7 heteroatoms. The van der Waals surface area contributed by atoms with Crippen molar-refractivity contribution in [3.05, 3.63) is 29.8 Å². The SMILES string of the molecule is CCNC(=NCC(c1cccc(OC)c1)N(CC)CC)N1CCC(OCC)CC1.I. The third-order valence-electron chi connectivity index (χ3n) is 5.62. The zero-order chi connectivity index (χ0) is 21.1. The lowest BCUT2D eigenvalue weighted by Gasteiger charge is -2.35. The van der Waals surface area contributed by atoms with E-state index in [9.17, 15) is 0 Å². The molecule has 1 saturated heterocycles. The molecule has 172 valence electrons. The van der Waals surface area contributed by atoms with Crippen LogP contribution in [0.2, 0.25) is 0 Å². The van der Waals surface area contributed by atoms with E-state index in [0.717, 1.165) is 70.4 Å². The molecule has 0 saturated carbocycles. The molecule has 0 aromatic heterocycles. The average Bonchev–Trinajstić information content (AvgIpc) is 2.76. The van der Waals surface area contributed by atoms with Gasteiger partial charge in [-0.15, -0.1) is 24.0 Å². The fourth-order valence-electron chi connectivity index (χ4n) is 4.01. The van der Waals surface area contributed by atoms with Gasteiger partial charge in [-0.1, -0.05) is 26.0 Å². The van der Waals surface area contributed by atoms with E-state index in [1.165, 1.54) is 5.56 Å². The fourth-order valence-corrected chi connectivity index (χ4v) is 4.01. The number of nitrogens with one attached hydrogen (secondary N) is 1. The molecule has 0 spiro atoms. The number of nitrogens with zero attached hydrogens (tertiary/aromatic N) is 3. The third kappa shape index (κ3) is 7.89. The molecule has 1 aromatic rings. The Hall–Kier alpha value is -1.06. The van der Waals surface area contributed by atoms with Gasteiger partial charge in [0.15, 0.2) is 5.96 Å². The number of aliphatic imine (C=N–C) groups is 1. The Morgan fingerprint density at radius 3 is 2.47 bits per heavy atom. The van der Waals surface area contributed by atoms with Crippen LogP contribution in [0.4, 0.5) is 0 Å². The van der Waals surface area contributed by atoms with Crippen LogP contribution in [0.25, 0.3) is 0 Å². The van der Waals surface area contributed by atoms with Gasteiger partial charge in [-0.3, -0.25) is 9.89 Å². The van der Waals surface area contributed by atoms with E-state index in [0.29, 0.717) is 6.10 Å². The Labute approximate surface area is 200 Å². The predicted octanol–water partition coefficient (Wildman–Crippen LogP) is 4.16. The number of piperidine rings is 1. The summed E-state index contributed by atoms with van der Waals surface area (Å²) in [7, 11) is 1.72. The summed E-state index contributed by atoms with van der Waals surface area (Å²) < 4.78 is 11.3. The van der Waals surface area contributed by atoms with Gasteiger partial charge in [-0.25, -0.2) is 0 Å². The van der Waals surface area contributed by atoms with Crippen LogP contribution in [-0.4, -0.2) is 74.8 Å². The van der Waals surface area contributed by atoms with E-state index in [2.05, 4.69) is 61.0 Å². The monoisotopic (exact) mass is 532 g/mol. The second-order valence-electron chi connectivity index (χ2n) is 7.35. The van der Waals surface area contributed by atoms with Crippen molar-refractivity contribution in [1.29, 1.82) is 0 Å². The van der Waals surface area contributed by atoms with Gasteiger partial charge in [0, 0.05) is 26.2 Å². The summed E-state index contributed by atoms with van der Waals surface area (Å²) in [6.45, 7) is 15.0. The largest absolute Gasteiger partial charge is 0.497 e. The molecular formula is C23H41IN4O2. The molecular weight excluding hydrogens is 491 g/mol. The van der Waals surface area contributed by atoms with Crippen LogP contribution in [0.15, 0.2) is 29.3 Å². The normalized spacial score (nSPS) is 16.3. The van der Waals surface area contributed by atoms with Crippen molar-refractivity contribution in [3.63, 3.8) is 0 Å². The molecule has 0 bridgehead atoms. The zero-order valence-electron chi connectivity index (χ0n) is 19.4. The maximum absolute atomic E-state index is 5.80. The first kappa shape index (κ1) is 27.0. The van der Waals surface area contributed by atoms with Crippen molar-refractivity contribution in [2.45, 2.75) is 52.7 Å². The molecule has 1 aliphatic heterocycles. The van der Waals surface area contributed by atoms with Crippen LogP contribution >= 0.6 is 24.0 Å². The second kappa shape index (κ2) is 14.9. The molecule has 1 aromatic carbocycles. The molecule has 0 aliphatic carbocycles. The molecule has 0 amide bonds. The highest BCUT2D eigenvalue weighted by molar-refractivity contribution is 14.0. The minimum absolute atomic E-state index is 0. The lowest BCUT2D eigenvalue weighted by atomic mass is 10.0. The van der Waals surface area contributed by atoms with E-state index in [4.69, 9.17) is 14.5 Å². The fraction of sp³-hybridized carbons (Fsp3) is 0.696. The molecule has 1 atom stereocenters. The number of hydrogen-bond donors (Lipinski definition) is 1. The Morgan fingerprint density at radius 1 is 1.20 bits per heavy atom. The maximum atomic E-state index is 5.80. The first-order chi connectivity index (χ1) is 14.2. The van der Waals surface area contributed by atoms with Crippen LogP contribution in [0.5, 0.6) is 5.75 Å². The molecule has 1 N–H and O–H groups in total. The number of methoxy groups -OCH3 is 1. The highest BCUT2D eigenvalue weighted by Gasteiger charge is 2.23. The molecule has 2 rings (SSSR count). The van der Waals surface area contributed by atoms with Crippen LogP contribution < -0.4 is 10.1 Å². The minimum atomic E-state index is 0. The molecule has 1 heterocycles. The van der Waals surface area contributed by atoms with Gasteiger partial charge >= 0.3 is 0 Å². The quantitative estimate of drug-likeness (QED) is 0.279. The number of hydrogen-bond acceptors (Lipinski definition) is 4. The average molecular weight is 533 g/mol. The number of benzene rings is 1. The van der Waals surface area contributed by atoms with Crippen molar-refractivity contribution in [2.24, 2.45) is 4.99 Å². The molecule has 0 radical (unpaired) electrons. The topological polar surface area (TPSA) is 49.3 Å². The molecule has 30 heavy (non-hydrogen) atoms. The number of rotatable bonds is 10. The lowest BCUT2D eigenvalue weighted by molar-refractivity contribution is 0.0263. The van der Waals surface area contributed by atoms with Crippen molar-refractivity contribution >= 4 is 29.9 Å². The van der Waals surface area contributed by atoms with E-state index in [1.54, 1.807) is 7.11 Å². The second-order valence-corrected chi connectivity index (χ2v) is 7.35. The van der Waals surface area contributed by atoms with Crippen molar-refractivity contribution in [3.8, 4) is 5.75 Å². The summed E-state index contributed by atoms with van der Waals surface area (Å²) in [4.78, 5) is 9.91. The summed E-state index contributed by atoms with van der Waals surface area (Å²) in [6, 6.07) is 8.62. The number of halogens is 1. The van der Waals surface area contributed by atoms with E-state index in [-0.39, 0.29) is 30.0 Å². The van der Waals surface area contributed by atoms with Gasteiger partial charge in [0.05, 0.1) is 25.8 Å². The Kier molecular flexibility index (Phi) is 13.4. The van der Waals surface area contributed by atoms with E-state index >= 15 is 0 Å².